The highest BCUT2D eigenvalue weighted by Crippen LogP contribution is 2.24. The number of rotatable bonds is 3. The second kappa shape index (κ2) is 5.98. The number of benzene rings is 1. The van der Waals surface area contributed by atoms with Gasteiger partial charge in [0, 0.05) is 11.8 Å². The number of halogens is 1. The summed E-state index contributed by atoms with van der Waals surface area (Å²) in [6, 6.07) is 5.96. The first kappa shape index (κ1) is 15.7. The summed E-state index contributed by atoms with van der Waals surface area (Å²) in [6.45, 7) is 12.2. The van der Waals surface area contributed by atoms with E-state index in [0.717, 1.165) is 0 Å². The van der Waals surface area contributed by atoms with Crippen molar-refractivity contribution in [3.8, 4) is 11.3 Å². The third-order valence-electron chi connectivity index (χ3n) is 2.72. The summed E-state index contributed by atoms with van der Waals surface area (Å²) in [5.41, 5.74) is 0.495. The monoisotopic (exact) mass is 301 g/mol. The molecule has 0 aliphatic carbocycles. The van der Waals surface area contributed by atoms with Crippen molar-refractivity contribution in [2.75, 3.05) is 0 Å². The zero-order valence-electron chi connectivity index (χ0n) is 12.6. The van der Waals surface area contributed by atoms with Gasteiger partial charge in [0.1, 0.15) is 18.0 Å². The van der Waals surface area contributed by atoms with Gasteiger partial charge in [0.05, 0.1) is 12.3 Å². The molecule has 0 unspecified atom stereocenters. The Morgan fingerprint density at radius 3 is 2.73 bits per heavy atom. The number of ether oxygens (including phenoxy) is 1. The van der Waals surface area contributed by atoms with E-state index in [1.165, 1.54) is 16.8 Å². The minimum Gasteiger partial charge on any atom is -0.459 e. The van der Waals surface area contributed by atoms with E-state index >= 15 is 0 Å². The van der Waals surface area contributed by atoms with Crippen LogP contribution in [0.4, 0.5) is 10.1 Å². The third-order valence-corrected chi connectivity index (χ3v) is 2.72. The van der Waals surface area contributed by atoms with Crippen molar-refractivity contribution in [3.05, 3.63) is 47.7 Å². The van der Waals surface area contributed by atoms with Crippen LogP contribution in [0.1, 0.15) is 20.8 Å². The molecule has 5 nitrogen and oxygen atoms in total. The zero-order chi connectivity index (χ0) is 16.3. The minimum absolute atomic E-state index is 0.0140. The summed E-state index contributed by atoms with van der Waals surface area (Å²) in [7, 11) is 0. The molecule has 0 saturated heterocycles. The molecule has 0 saturated carbocycles. The minimum atomic E-state index is -0.589. The lowest BCUT2D eigenvalue weighted by Gasteiger charge is -2.19. The summed E-state index contributed by atoms with van der Waals surface area (Å²) in [5, 5.41) is 4.22. The van der Waals surface area contributed by atoms with Crippen molar-refractivity contribution < 1.29 is 13.9 Å². The maximum Gasteiger partial charge on any atom is 0.328 e. The standard InChI is InChI=1S/C16H16FN3O2/c1-16(2,3)22-15(21)10-20-8-7-13(19-20)11-5-6-14(18-4)12(17)9-11/h5-9H,10H2,1-3H3. The van der Waals surface area contributed by atoms with Gasteiger partial charge in [-0.1, -0.05) is 12.1 Å². The topological polar surface area (TPSA) is 48.5 Å². The van der Waals surface area contributed by atoms with Gasteiger partial charge in [-0.25, -0.2) is 9.24 Å². The lowest BCUT2D eigenvalue weighted by molar-refractivity contribution is -0.155. The van der Waals surface area contributed by atoms with Crippen molar-refractivity contribution >= 4 is 11.7 Å². The molecule has 0 fully saturated rings. The van der Waals surface area contributed by atoms with Crippen LogP contribution in [0.3, 0.4) is 0 Å². The molecule has 2 aromatic rings. The number of nitrogens with zero attached hydrogens (tertiary/aromatic N) is 3. The van der Waals surface area contributed by atoms with Crippen LogP contribution in [0.2, 0.25) is 0 Å². The SMILES string of the molecule is [C-]#[N+]c1ccc(-c2ccn(CC(=O)OC(C)(C)C)n2)cc1F. The van der Waals surface area contributed by atoms with Crippen molar-refractivity contribution in [2.45, 2.75) is 32.9 Å². The van der Waals surface area contributed by atoms with E-state index in [1.54, 1.807) is 39.1 Å². The van der Waals surface area contributed by atoms with Crippen LogP contribution in [0.5, 0.6) is 0 Å². The predicted octanol–water partition coefficient (Wildman–Crippen LogP) is 3.58. The van der Waals surface area contributed by atoms with E-state index in [0.29, 0.717) is 11.3 Å². The summed E-state index contributed by atoms with van der Waals surface area (Å²) in [6.07, 6.45) is 1.62. The lowest BCUT2D eigenvalue weighted by atomic mass is 10.1. The van der Waals surface area contributed by atoms with Gasteiger partial charge >= 0.3 is 5.97 Å². The van der Waals surface area contributed by atoms with E-state index in [4.69, 9.17) is 11.3 Å². The molecule has 2 rings (SSSR count). The largest absolute Gasteiger partial charge is 0.459 e. The fourth-order valence-corrected chi connectivity index (χ4v) is 1.87. The van der Waals surface area contributed by atoms with Gasteiger partial charge in [-0.2, -0.15) is 5.10 Å². The maximum absolute atomic E-state index is 13.6. The molecule has 0 radical (unpaired) electrons. The fraction of sp³-hybridized carbons (Fsp3) is 0.312. The smallest absolute Gasteiger partial charge is 0.328 e. The number of hydrogen-bond donors (Lipinski definition) is 0. The number of aromatic nitrogens is 2. The van der Waals surface area contributed by atoms with E-state index in [1.807, 2.05) is 0 Å². The van der Waals surface area contributed by atoms with Crippen molar-refractivity contribution in [1.82, 2.24) is 9.78 Å². The van der Waals surface area contributed by atoms with Crippen LogP contribution >= 0.6 is 0 Å². The van der Waals surface area contributed by atoms with Crippen molar-refractivity contribution in [2.24, 2.45) is 0 Å². The van der Waals surface area contributed by atoms with Crippen LogP contribution in [0.25, 0.3) is 16.1 Å². The van der Waals surface area contributed by atoms with Gasteiger partial charge in [0.15, 0.2) is 0 Å². The third kappa shape index (κ3) is 3.92. The molecule has 0 atom stereocenters. The Hall–Kier alpha value is -2.68. The van der Waals surface area contributed by atoms with E-state index in [9.17, 15) is 9.18 Å². The highest BCUT2D eigenvalue weighted by Gasteiger charge is 2.17. The highest BCUT2D eigenvalue weighted by molar-refractivity contribution is 5.70. The second-order valence-corrected chi connectivity index (χ2v) is 5.76. The van der Waals surface area contributed by atoms with E-state index < -0.39 is 17.4 Å². The van der Waals surface area contributed by atoms with Gasteiger partial charge in [-0.15, -0.1) is 0 Å². The van der Waals surface area contributed by atoms with Crippen LogP contribution in [0, 0.1) is 12.4 Å². The Kier molecular flexibility index (Phi) is 4.27. The van der Waals surface area contributed by atoms with Crippen LogP contribution < -0.4 is 0 Å². The molecule has 114 valence electrons. The molecule has 1 aromatic carbocycles. The van der Waals surface area contributed by atoms with Crippen LogP contribution in [-0.2, 0) is 16.1 Å². The van der Waals surface area contributed by atoms with Gasteiger partial charge in [-0.05, 0) is 32.9 Å². The maximum atomic E-state index is 13.6. The lowest BCUT2D eigenvalue weighted by Crippen LogP contribution is -2.26. The highest BCUT2D eigenvalue weighted by atomic mass is 19.1. The summed E-state index contributed by atoms with van der Waals surface area (Å²) >= 11 is 0. The first-order valence-corrected chi connectivity index (χ1v) is 6.71. The second-order valence-electron chi connectivity index (χ2n) is 5.76. The molecule has 0 aliphatic heterocycles. The average Bonchev–Trinajstić information content (AvgIpc) is 2.84. The Morgan fingerprint density at radius 1 is 1.41 bits per heavy atom. The molecule has 0 bridgehead atoms. The van der Waals surface area contributed by atoms with Gasteiger partial charge in [0.25, 0.3) is 0 Å². The van der Waals surface area contributed by atoms with Crippen LogP contribution in [-0.4, -0.2) is 21.4 Å². The average molecular weight is 301 g/mol. The molecule has 0 N–H and O–H groups in total. The summed E-state index contributed by atoms with van der Waals surface area (Å²) in [5.74, 6) is -0.981. The summed E-state index contributed by atoms with van der Waals surface area (Å²) in [4.78, 5) is 14.8. The van der Waals surface area contributed by atoms with E-state index in [-0.39, 0.29) is 12.2 Å². The number of esters is 1. The molecular weight excluding hydrogens is 285 g/mol. The molecule has 6 heteroatoms. The van der Waals surface area contributed by atoms with Gasteiger partial charge in [-0.3, -0.25) is 9.48 Å². The molecule has 0 aliphatic rings. The van der Waals surface area contributed by atoms with Crippen molar-refractivity contribution in [1.29, 1.82) is 0 Å². The Morgan fingerprint density at radius 2 is 2.14 bits per heavy atom. The molecule has 1 aromatic heterocycles. The first-order valence-electron chi connectivity index (χ1n) is 6.71. The first-order chi connectivity index (χ1) is 10.3. The predicted molar refractivity (Wildman–Crippen MR) is 79.7 cm³/mol. The van der Waals surface area contributed by atoms with Crippen LogP contribution in [0.15, 0.2) is 30.5 Å². The molecular formula is C16H16FN3O2. The molecule has 1 heterocycles. The number of hydrogen-bond acceptors (Lipinski definition) is 3. The Labute approximate surface area is 128 Å². The Balaban J connectivity index is 2.13. The molecule has 0 amide bonds. The normalized spacial score (nSPS) is 11.0. The Bertz CT molecular complexity index is 739. The quantitative estimate of drug-likeness (QED) is 0.643. The van der Waals surface area contributed by atoms with E-state index in [2.05, 4.69) is 9.94 Å². The van der Waals surface area contributed by atoms with Gasteiger partial charge < -0.3 is 4.74 Å². The number of carbonyl (C=O) groups is 1. The number of carbonyl (C=O) groups excluding carboxylic acids is 1. The zero-order valence-corrected chi connectivity index (χ0v) is 12.6. The van der Waals surface area contributed by atoms with Gasteiger partial charge in [0.2, 0.25) is 5.69 Å². The fourth-order valence-electron chi connectivity index (χ4n) is 1.87. The van der Waals surface area contributed by atoms with Crippen molar-refractivity contribution in [3.63, 3.8) is 0 Å². The molecule has 0 spiro atoms. The summed E-state index contributed by atoms with van der Waals surface area (Å²) < 4.78 is 20.3. The molecule has 22 heavy (non-hydrogen) atoms.